The number of para-hydroxylation sites is 1. The van der Waals surface area contributed by atoms with Gasteiger partial charge in [-0.05, 0) is 50.2 Å². The molecule has 0 fully saturated rings. The molecule has 0 atom stereocenters. The highest BCUT2D eigenvalue weighted by Crippen LogP contribution is 2.34. The first-order valence-electron chi connectivity index (χ1n) is 9.00. The summed E-state index contributed by atoms with van der Waals surface area (Å²) in [6.07, 6.45) is -4.62. The van der Waals surface area contributed by atoms with E-state index < -0.39 is 30.1 Å². The van der Waals surface area contributed by atoms with Gasteiger partial charge in [0.25, 0.3) is 5.91 Å². The van der Waals surface area contributed by atoms with Gasteiger partial charge < -0.3 is 15.0 Å². The molecule has 0 aliphatic carbocycles. The van der Waals surface area contributed by atoms with Crippen LogP contribution in [-0.2, 0) is 15.8 Å². The molecule has 0 aliphatic rings. The van der Waals surface area contributed by atoms with Crippen molar-refractivity contribution in [3.8, 4) is 11.8 Å². The van der Waals surface area contributed by atoms with Crippen LogP contribution < -0.4 is 10.1 Å². The predicted octanol–water partition coefficient (Wildman–Crippen LogP) is 3.83. The van der Waals surface area contributed by atoms with E-state index in [1.54, 1.807) is 13.8 Å². The fourth-order valence-corrected chi connectivity index (χ4v) is 2.60. The molecule has 0 aromatic heterocycles. The number of carbonyl (C=O) groups excluding carboxylic acids is 2. The van der Waals surface area contributed by atoms with Crippen molar-refractivity contribution in [1.82, 2.24) is 4.90 Å². The SMILES string of the molecule is CC(C)N(CC(=O)Nc1ccccc1C(F)(F)F)C(=O)COc1ccc(C#N)cc1. The molecule has 158 valence electrons. The van der Waals surface area contributed by atoms with E-state index in [1.807, 2.05) is 6.07 Å². The molecule has 30 heavy (non-hydrogen) atoms. The van der Waals surface area contributed by atoms with Crippen molar-refractivity contribution in [2.75, 3.05) is 18.5 Å². The van der Waals surface area contributed by atoms with Crippen molar-refractivity contribution < 1.29 is 27.5 Å². The molecular formula is C21H20F3N3O3. The van der Waals surface area contributed by atoms with Crippen molar-refractivity contribution in [1.29, 1.82) is 5.26 Å². The number of rotatable bonds is 7. The standard InChI is InChI=1S/C21H20F3N3O3/c1-14(2)27(20(29)13-30-16-9-7-15(11-25)8-10-16)12-19(28)26-18-6-4-3-5-17(18)21(22,23)24/h3-10,14H,12-13H2,1-2H3,(H,26,28). The van der Waals surface area contributed by atoms with Crippen molar-refractivity contribution in [3.63, 3.8) is 0 Å². The van der Waals surface area contributed by atoms with Crippen molar-refractivity contribution in [3.05, 3.63) is 59.7 Å². The zero-order valence-corrected chi connectivity index (χ0v) is 16.4. The van der Waals surface area contributed by atoms with E-state index in [0.29, 0.717) is 11.3 Å². The van der Waals surface area contributed by atoms with Gasteiger partial charge >= 0.3 is 6.18 Å². The second kappa shape index (κ2) is 9.78. The molecule has 9 heteroatoms. The summed E-state index contributed by atoms with van der Waals surface area (Å²) >= 11 is 0. The van der Waals surface area contributed by atoms with E-state index in [1.165, 1.54) is 41.3 Å². The lowest BCUT2D eigenvalue weighted by atomic mass is 10.1. The van der Waals surface area contributed by atoms with E-state index in [-0.39, 0.29) is 18.3 Å². The number of nitrogens with one attached hydrogen (secondary N) is 1. The van der Waals surface area contributed by atoms with Crippen LogP contribution in [0.15, 0.2) is 48.5 Å². The Bertz CT molecular complexity index is 935. The average Bonchev–Trinajstić information content (AvgIpc) is 2.70. The van der Waals surface area contributed by atoms with Crippen LogP contribution >= 0.6 is 0 Å². The first-order valence-corrected chi connectivity index (χ1v) is 9.00. The van der Waals surface area contributed by atoms with Crippen LogP contribution in [0.1, 0.15) is 25.0 Å². The zero-order valence-electron chi connectivity index (χ0n) is 16.4. The van der Waals surface area contributed by atoms with E-state index in [0.717, 1.165) is 12.1 Å². The van der Waals surface area contributed by atoms with E-state index in [9.17, 15) is 22.8 Å². The number of nitrogens with zero attached hydrogens (tertiary/aromatic N) is 2. The maximum absolute atomic E-state index is 13.1. The summed E-state index contributed by atoms with van der Waals surface area (Å²) in [5.74, 6) is -0.893. The lowest BCUT2D eigenvalue weighted by Crippen LogP contribution is -2.44. The number of alkyl halides is 3. The van der Waals surface area contributed by atoms with Gasteiger partial charge in [0, 0.05) is 6.04 Å². The van der Waals surface area contributed by atoms with Gasteiger partial charge in [0.05, 0.1) is 22.9 Å². The van der Waals surface area contributed by atoms with E-state index in [2.05, 4.69) is 5.32 Å². The Morgan fingerprint density at radius 1 is 1.13 bits per heavy atom. The number of benzene rings is 2. The Morgan fingerprint density at radius 2 is 1.77 bits per heavy atom. The molecule has 1 N–H and O–H groups in total. The fourth-order valence-electron chi connectivity index (χ4n) is 2.60. The van der Waals surface area contributed by atoms with Gasteiger partial charge in [0.15, 0.2) is 6.61 Å². The number of nitriles is 1. The van der Waals surface area contributed by atoms with Gasteiger partial charge in [-0.2, -0.15) is 18.4 Å². The van der Waals surface area contributed by atoms with Gasteiger partial charge in [-0.3, -0.25) is 9.59 Å². The molecule has 0 bridgehead atoms. The summed E-state index contributed by atoms with van der Waals surface area (Å²) < 4.78 is 44.6. The van der Waals surface area contributed by atoms with Crippen molar-refractivity contribution in [2.45, 2.75) is 26.1 Å². The van der Waals surface area contributed by atoms with Gasteiger partial charge in [0.1, 0.15) is 12.3 Å². The Labute approximate surface area is 171 Å². The van der Waals surface area contributed by atoms with E-state index >= 15 is 0 Å². The van der Waals surface area contributed by atoms with Gasteiger partial charge in [-0.1, -0.05) is 12.1 Å². The molecule has 2 aromatic carbocycles. The number of halogens is 3. The first kappa shape index (κ1) is 22.7. The summed E-state index contributed by atoms with van der Waals surface area (Å²) in [6.45, 7) is 2.56. The molecule has 2 amide bonds. The summed E-state index contributed by atoms with van der Waals surface area (Å²) in [5, 5.41) is 11.0. The Balaban J connectivity index is 2.02. The second-order valence-electron chi connectivity index (χ2n) is 6.63. The summed E-state index contributed by atoms with van der Waals surface area (Å²) in [5.41, 5.74) is -0.904. The van der Waals surface area contributed by atoms with Gasteiger partial charge in [0.2, 0.25) is 5.91 Å². The highest BCUT2D eigenvalue weighted by molar-refractivity contribution is 5.95. The Kier molecular flexibility index (Phi) is 7.42. The van der Waals surface area contributed by atoms with E-state index in [4.69, 9.17) is 10.00 Å². The second-order valence-corrected chi connectivity index (χ2v) is 6.63. The van der Waals surface area contributed by atoms with Crippen LogP contribution in [0.3, 0.4) is 0 Å². The molecule has 0 aliphatic heterocycles. The number of hydrogen-bond acceptors (Lipinski definition) is 4. The largest absolute Gasteiger partial charge is 0.484 e. The number of carbonyl (C=O) groups is 2. The molecule has 0 heterocycles. The number of amides is 2. The normalized spacial score (nSPS) is 11.0. The monoisotopic (exact) mass is 419 g/mol. The van der Waals surface area contributed by atoms with Gasteiger partial charge in [-0.15, -0.1) is 0 Å². The van der Waals surface area contributed by atoms with Gasteiger partial charge in [-0.25, -0.2) is 0 Å². The Morgan fingerprint density at radius 3 is 2.33 bits per heavy atom. The smallest absolute Gasteiger partial charge is 0.418 e. The predicted molar refractivity (Wildman–Crippen MR) is 104 cm³/mol. The number of anilines is 1. The molecule has 0 spiro atoms. The summed E-state index contributed by atoms with van der Waals surface area (Å²) in [7, 11) is 0. The molecule has 0 radical (unpaired) electrons. The third-order valence-electron chi connectivity index (χ3n) is 4.11. The molecular weight excluding hydrogens is 399 g/mol. The van der Waals surface area contributed by atoms with Crippen LogP contribution in [0, 0.1) is 11.3 Å². The van der Waals surface area contributed by atoms with Crippen molar-refractivity contribution in [2.24, 2.45) is 0 Å². The fraction of sp³-hybridized carbons (Fsp3) is 0.286. The highest BCUT2D eigenvalue weighted by atomic mass is 19.4. The van der Waals surface area contributed by atoms with Crippen LogP contribution in [0.2, 0.25) is 0 Å². The zero-order chi connectivity index (χ0) is 22.3. The average molecular weight is 419 g/mol. The third kappa shape index (κ3) is 6.24. The molecule has 0 saturated carbocycles. The maximum Gasteiger partial charge on any atom is 0.418 e. The first-order chi connectivity index (χ1) is 14.1. The van der Waals surface area contributed by atoms with Crippen LogP contribution in [0.25, 0.3) is 0 Å². The molecule has 0 saturated heterocycles. The quantitative estimate of drug-likeness (QED) is 0.740. The minimum Gasteiger partial charge on any atom is -0.484 e. The summed E-state index contributed by atoms with van der Waals surface area (Å²) in [4.78, 5) is 26.0. The maximum atomic E-state index is 13.1. The molecule has 2 rings (SSSR count). The molecule has 2 aromatic rings. The van der Waals surface area contributed by atoms with Crippen LogP contribution in [-0.4, -0.2) is 35.9 Å². The third-order valence-corrected chi connectivity index (χ3v) is 4.11. The number of ether oxygens (including phenoxy) is 1. The molecule has 6 nitrogen and oxygen atoms in total. The lowest BCUT2D eigenvalue weighted by molar-refractivity contribution is -0.139. The topological polar surface area (TPSA) is 82.4 Å². The van der Waals surface area contributed by atoms with Crippen molar-refractivity contribution >= 4 is 17.5 Å². The molecule has 0 unspecified atom stereocenters. The number of hydrogen-bond donors (Lipinski definition) is 1. The Hall–Kier alpha value is -3.54. The summed E-state index contributed by atoms with van der Waals surface area (Å²) in [6, 6.07) is 12.3. The minimum atomic E-state index is -4.62. The van der Waals surface area contributed by atoms with Crippen LogP contribution in [0.4, 0.5) is 18.9 Å². The lowest BCUT2D eigenvalue weighted by Gasteiger charge is -2.26. The highest BCUT2D eigenvalue weighted by Gasteiger charge is 2.33. The minimum absolute atomic E-state index is 0.365. The van der Waals surface area contributed by atoms with Crippen LogP contribution in [0.5, 0.6) is 5.75 Å².